The van der Waals surface area contributed by atoms with Crippen LogP contribution in [0.15, 0.2) is 22.1 Å². The Kier molecular flexibility index (Phi) is 2.26. The molecule has 0 amide bonds. The molecular weight excluding hydrogens is 248 g/mol. The highest BCUT2D eigenvalue weighted by atomic mass is 79.9. The summed E-state index contributed by atoms with van der Waals surface area (Å²) in [6.07, 6.45) is 0. The summed E-state index contributed by atoms with van der Waals surface area (Å²) < 4.78 is 3.05. The lowest BCUT2D eigenvalue weighted by Crippen LogP contribution is -1.97. The van der Waals surface area contributed by atoms with Crippen LogP contribution in [-0.4, -0.2) is 9.55 Å². The van der Waals surface area contributed by atoms with Gasteiger partial charge in [0.15, 0.2) is 5.13 Å². The third kappa shape index (κ3) is 1.56. The van der Waals surface area contributed by atoms with Gasteiger partial charge in [0.1, 0.15) is 4.60 Å². The summed E-state index contributed by atoms with van der Waals surface area (Å²) in [6, 6.07) is 4.20. The fourth-order valence-electron chi connectivity index (χ4n) is 1.32. The first-order valence-electron chi connectivity index (χ1n) is 3.95. The van der Waals surface area contributed by atoms with Crippen LogP contribution in [0.4, 0.5) is 0 Å². The van der Waals surface area contributed by atoms with E-state index in [1.165, 1.54) is 11.4 Å². The lowest BCUT2D eigenvalue weighted by Gasteiger charge is -2.03. The zero-order valence-electron chi connectivity index (χ0n) is 7.41. The van der Waals surface area contributed by atoms with Crippen molar-refractivity contribution in [1.82, 2.24) is 9.55 Å². The van der Waals surface area contributed by atoms with E-state index < -0.39 is 0 Å². The summed E-state index contributed by atoms with van der Waals surface area (Å²) in [7, 11) is 0. The van der Waals surface area contributed by atoms with Gasteiger partial charge in [-0.1, -0.05) is 0 Å². The van der Waals surface area contributed by atoms with Crippen LogP contribution in [0.5, 0.6) is 0 Å². The third-order valence-electron chi connectivity index (χ3n) is 1.93. The van der Waals surface area contributed by atoms with Crippen LogP contribution in [0.3, 0.4) is 0 Å². The Morgan fingerprint density at radius 3 is 2.38 bits per heavy atom. The van der Waals surface area contributed by atoms with E-state index >= 15 is 0 Å². The molecule has 4 heteroatoms. The molecule has 0 aromatic carbocycles. The molecule has 0 spiro atoms. The fraction of sp³-hybridized carbons (Fsp3) is 0.222. The van der Waals surface area contributed by atoms with Gasteiger partial charge < -0.3 is 0 Å². The number of thiazole rings is 1. The zero-order valence-corrected chi connectivity index (χ0v) is 9.82. The minimum atomic E-state index is 0.903. The molecule has 0 saturated carbocycles. The van der Waals surface area contributed by atoms with Gasteiger partial charge in [-0.3, -0.25) is 4.57 Å². The molecule has 68 valence electrons. The number of hydrogen-bond acceptors (Lipinski definition) is 2. The molecule has 0 radical (unpaired) electrons. The van der Waals surface area contributed by atoms with Crippen molar-refractivity contribution >= 4 is 27.3 Å². The Balaban J connectivity index is 2.57. The highest BCUT2D eigenvalue weighted by molar-refractivity contribution is 9.10. The Bertz CT molecular complexity index is 411. The molecule has 2 nitrogen and oxygen atoms in total. The maximum Gasteiger partial charge on any atom is 0.195 e. The van der Waals surface area contributed by atoms with Gasteiger partial charge in [-0.05, 0) is 41.9 Å². The minimum Gasteiger partial charge on any atom is -0.295 e. The Morgan fingerprint density at radius 1 is 1.31 bits per heavy atom. The SMILES string of the molecule is Cc1ccc(C)n1-c1nc(Br)cs1. The van der Waals surface area contributed by atoms with Crippen molar-refractivity contribution in [3.05, 3.63) is 33.5 Å². The van der Waals surface area contributed by atoms with Crippen LogP contribution < -0.4 is 0 Å². The van der Waals surface area contributed by atoms with Gasteiger partial charge in [0.2, 0.25) is 0 Å². The number of halogens is 1. The first kappa shape index (κ1) is 8.97. The van der Waals surface area contributed by atoms with Crippen LogP contribution in [0, 0.1) is 13.8 Å². The Labute approximate surface area is 89.4 Å². The summed E-state index contributed by atoms with van der Waals surface area (Å²) >= 11 is 4.99. The second-order valence-corrected chi connectivity index (χ2v) is 4.55. The van der Waals surface area contributed by atoms with E-state index in [9.17, 15) is 0 Å². The molecule has 2 aromatic rings. The second-order valence-electron chi connectivity index (χ2n) is 2.90. The van der Waals surface area contributed by atoms with Crippen LogP contribution in [0.25, 0.3) is 5.13 Å². The molecule has 0 N–H and O–H groups in total. The molecule has 0 aliphatic rings. The molecule has 0 atom stereocenters. The first-order chi connectivity index (χ1) is 6.18. The summed E-state index contributed by atoms with van der Waals surface area (Å²) in [6.45, 7) is 4.17. The maximum atomic E-state index is 4.37. The van der Waals surface area contributed by atoms with Crippen molar-refractivity contribution in [3.8, 4) is 5.13 Å². The van der Waals surface area contributed by atoms with Crippen molar-refractivity contribution in [3.63, 3.8) is 0 Å². The molecule has 0 aliphatic heterocycles. The lowest BCUT2D eigenvalue weighted by atomic mass is 10.5. The summed E-state index contributed by atoms with van der Waals surface area (Å²) in [5, 5.41) is 3.01. The number of hydrogen-bond donors (Lipinski definition) is 0. The van der Waals surface area contributed by atoms with Gasteiger partial charge in [0.25, 0.3) is 0 Å². The van der Waals surface area contributed by atoms with Crippen molar-refractivity contribution in [1.29, 1.82) is 0 Å². The van der Waals surface area contributed by atoms with Crippen LogP contribution in [0.2, 0.25) is 0 Å². The minimum absolute atomic E-state index is 0.903. The number of nitrogens with zero attached hydrogens (tertiary/aromatic N) is 2. The maximum absolute atomic E-state index is 4.37. The van der Waals surface area contributed by atoms with Gasteiger partial charge in [-0.2, -0.15) is 0 Å². The lowest BCUT2D eigenvalue weighted by molar-refractivity contribution is 0.947. The second kappa shape index (κ2) is 3.27. The monoisotopic (exact) mass is 256 g/mol. The van der Waals surface area contributed by atoms with Gasteiger partial charge in [-0.25, -0.2) is 4.98 Å². The van der Waals surface area contributed by atoms with E-state index in [0.29, 0.717) is 0 Å². The predicted octanol–water partition coefficient (Wildman–Crippen LogP) is 3.31. The number of aromatic nitrogens is 2. The standard InChI is InChI=1S/C9H9BrN2S/c1-6-3-4-7(2)12(6)9-11-8(10)5-13-9/h3-5H,1-2H3. The van der Waals surface area contributed by atoms with E-state index in [4.69, 9.17) is 0 Å². The molecule has 2 aromatic heterocycles. The summed E-state index contributed by atoms with van der Waals surface area (Å²) in [5.41, 5.74) is 2.44. The quantitative estimate of drug-likeness (QED) is 0.766. The van der Waals surface area contributed by atoms with Crippen molar-refractivity contribution in [2.75, 3.05) is 0 Å². The van der Waals surface area contributed by atoms with Crippen LogP contribution >= 0.6 is 27.3 Å². The fourth-order valence-corrected chi connectivity index (χ4v) is 2.68. The van der Waals surface area contributed by atoms with Gasteiger partial charge >= 0.3 is 0 Å². The summed E-state index contributed by atoms with van der Waals surface area (Å²) in [4.78, 5) is 4.37. The normalized spacial score (nSPS) is 10.7. The summed E-state index contributed by atoms with van der Waals surface area (Å²) in [5.74, 6) is 0. The Morgan fingerprint density at radius 2 is 1.92 bits per heavy atom. The molecular formula is C9H9BrN2S. The van der Waals surface area contributed by atoms with Gasteiger partial charge in [0, 0.05) is 16.8 Å². The highest BCUT2D eigenvalue weighted by Gasteiger charge is 2.06. The molecule has 0 saturated heterocycles. The molecule has 2 rings (SSSR count). The zero-order chi connectivity index (χ0) is 9.42. The number of aryl methyl sites for hydroxylation is 2. The topological polar surface area (TPSA) is 17.8 Å². The van der Waals surface area contributed by atoms with Gasteiger partial charge in [0.05, 0.1) is 0 Å². The smallest absolute Gasteiger partial charge is 0.195 e. The first-order valence-corrected chi connectivity index (χ1v) is 5.62. The van der Waals surface area contributed by atoms with E-state index in [1.54, 1.807) is 11.3 Å². The average molecular weight is 257 g/mol. The van der Waals surface area contributed by atoms with E-state index in [1.807, 2.05) is 5.38 Å². The molecule has 0 fully saturated rings. The van der Waals surface area contributed by atoms with Crippen LogP contribution in [-0.2, 0) is 0 Å². The average Bonchev–Trinajstić information content (AvgIpc) is 2.60. The van der Waals surface area contributed by atoms with E-state index in [-0.39, 0.29) is 0 Å². The number of rotatable bonds is 1. The van der Waals surface area contributed by atoms with Crippen molar-refractivity contribution < 1.29 is 0 Å². The molecule has 0 bridgehead atoms. The molecule has 2 heterocycles. The van der Waals surface area contributed by atoms with E-state index in [2.05, 4.69) is 51.5 Å². The van der Waals surface area contributed by atoms with Crippen LogP contribution in [0.1, 0.15) is 11.4 Å². The highest BCUT2D eigenvalue weighted by Crippen LogP contribution is 2.22. The molecule has 13 heavy (non-hydrogen) atoms. The van der Waals surface area contributed by atoms with E-state index in [0.717, 1.165) is 9.73 Å². The van der Waals surface area contributed by atoms with Gasteiger partial charge in [-0.15, -0.1) is 11.3 Å². The molecule has 0 unspecified atom stereocenters. The Hall–Kier alpha value is -0.610. The predicted molar refractivity (Wildman–Crippen MR) is 58.6 cm³/mol. The largest absolute Gasteiger partial charge is 0.295 e. The van der Waals surface area contributed by atoms with Crippen molar-refractivity contribution in [2.24, 2.45) is 0 Å². The van der Waals surface area contributed by atoms with Crippen molar-refractivity contribution in [2.45, 2.75) is 13.8 Å². The molecule has 0 aliphatic carbocycles. The third-order valence-corrected chi connectivity index (χ3v) is 3.46.